The Morgan fingerprint density at radius 3 is 2.42 bits per heavy atom. The summed E-state index contributed by atoms with van der Waals surface area (Å²) in [5.74, 6) is 0. The highest BCUT2D eigenvalue weighted by atomic mass is 16.5. The van der Waals surface area contributed by atoms with Gasteiger partial charge in [-0.05, 0) is 29.7 Å². The number of hydrogen-bond acceptors (Lipinski definition) is 2. The molecule has 2 nitrogen and oxygen atoms in total. The maximum atomic E-state index is 5.87. The monoisotopic (exact) mass is 253 g/mol. The summed E-state index contributed by atoms with van der Waals surface area (Å²) < 4.78 is 5.87. The molecule has 1 aliphatic rings. The van der Waals surface area contributed by atoms with E-state index in [2.05, 4.69) is 53.8 Å². The molecule has 1 heterocycles. The summed E-state index contributed by atoms with van der Waals surface area (Å²) in [6.07, 6.45) is 1.28. The molecule has 1 N–H and O–H groups in total. The number of benzene rings is 2. The van der Waals surface area contributed by atoms with Crippen LogP contribution in [-0.2, 0) is 4.74 Å². The average molecular weight is 253 g/mol. The van der Waals surface area contributed by atoms with Crippen molar-refractivity contribution in [1.29, 1.82) is 0 Å². The van der Waals surface area contributed by atoms with E-state index in [9.17, 15) is 0 Å². The summed E-state index contributed by atoms with van der Waals surface area (Å²) in [5.41, 5.74) is 3.77. The van der Waals surface area contributed by atoms with Gasteiger partial charge in [0.2, 0.25) is 0 Å². The van der Waals surface area contributed by atoms with Gasteiger partial charge in [-0.3, -0.25) is 0 Å². The largest absolute Gasteiger partial charge is 0.372 e. The topological polar surface area (TPSA) is 21.3 Å². The van der Waals surface area contributed by atoms with E-state index in [1.807, 2.05) is 6.07 Å². The minimum absolute atomic E-state index is 0.187. The van der Waals surface area contributed by atoms with E-state index in [1.54, 1.807) is 0 Å². The molecule has 3 rings (SSSR count). The second-order valence-corrected chi connectivity index (χ2v) is 4.91. The fourth-order valence-corrected chi connectivity index (χ4v) is 2.45. The lowest BCUT2D eigenvalue weighted by atomic mass is 10.0. The first kappa shape index (κ1) is 12.4. The van der Waals surface area contributed by atoms with Gasteiger partial charge < -0.3 is 10.1 Å². The van der Waals surface area contributed by atoms with Crippen LogP contribution >= 0.6 is 0 Å². The van der Waals surface area contributed by atoms with Crippen LogP contribution in [0.25, 0.3) is 11.1 Å². The second kappa shape index (κ2) is 6.00. The zero-order valence-corrected chi connectivity index (χ0v) is 11.0. The van der Waals surface area contributed by atoms with Gasteiger partial charge in [0.25, 0.3) is 0 Å². The molecule has 2 aromatic carbocycles. The lowest BCUT2D eigenvalue weighted by molar-refractivity contribution is 0.0669. The van der Waals surface area contributed by atoms with Gasteiger partial charge in [0, 0.05) is 13.2 Å². The molecule has 1 saturated heterocycles. The van der Waals surface area contributed by atoms with Gasteiger partial charge in [-0.2, -0.15) is 0 Å². The third-order valence-corrected chi connectivity index (χ3v) is 3.54. The summed E-state index contributed by atoms with van der Waals surface area (Å²) in [6, 6.07) is 19.2. The molecule has 19 heavy (non-hydrogen) atoms. The first-order chi connectivity index (χ1) is 9.43. The van der Waals surface area contributed by atoms with Crippen LogP contribution < -0.4 is 5.32 Å². The van der Waals surface area contributed by atoms with E-state index < -0.39 is 0 Å². The quantitative estimate of drug-likeness (QED) is 0.885. The maximum Gasteiger partial charge on any atom is 0.0949 e. The van der Waals surface area contributed by atoms with Crippen molar-refractivity contribution in [3.63, 3.8) is 0 Å². The van der Waals surface area contributed by atoms with Crippen LogP contribution in [0.15, 0.2) is 54.6 Å². The molecular weight excluding hydrogens is 234 g/mol. The predicted octanol–water partition coefficient (Wildman–Crippen LogP) is 3.40. The Kier molecular flexibility index (Phi) is 3.92. The van der Waals surface area contributed by atoms with Crippen molar-refractivity contribution in [2.24, 2.45) is 0 Å². The van der Waals surface area contributed by atoms with E-state index in [0.717, 1.165) is 26.1 Å². The molecule has 1 atom stereocenters. The van der Waals surface area contributed by atoms with E-state index in [0.29, 0.717) is 0 Å². The van der Waals surface area contributed by atoms with Crippen LogP contribution in [0.5, 0.6) is 0 Å². The van der Waals surface area contributed by atoms with Crippen LogP contribution in [0.1, 0.15) is 18.1 Å². The summed E-state index contributed by atoms with van der Waals surface area (Å²) in [6.45, 7) is 2.81. The van der Waals surface area contributed by atoms with Gasteiger partial charge in [-0.15, -0.1) is 0 Å². The van der Waals surface area contributed by atoms with Crippen LogP contribution in [0.3, 0.4) is 0 Å². The zero-order valence-electron chi connectivity index (χ0n) is 11.0. The lowest BCUT2D eigenvalue weighted by Gasteiger charge is -2.15. The van der Waals surface area contributed by atoms with Crippen molar-refractivity contribution in [2.75, 3.05) is 19.7 Å². The standard InChI is InChI=1S/C17H19NO/c1-2-5-14(6-3-1)15-7-9-16(10-8-15)17-13-18-11-4-12-19-17/h1-3,5-10,17-18H,4,11-13H2. The fraction of sp³-hybridized carbons (Fsp3) is 0.294. The molecule has 1 aliphatic heterocycles. The summed E-state index contributed by atoms with van der Waals surface area (Å²) >= 11 is 0. The number of ether oxygens (including phenoxy) is 1. The van der Waals surface area contributed by atoms with Crippen LogP contribution in [0.2, 0.25) is 0 Å². The third kappa shape index (κ3) is 3.03. The van der Waals surface area contributed by atoms with Gasteiger partial charge in [0.15, 0.2) is 0 Å². The Hall–Kier alpha value is -1.64. The normalized spacial score (nSPS) is 19.9. The molecule has 0 aliphatic carbocycles. The summed E-state index contributed by atoms with van der Waals surface area (Å²) in [4.78, 5) is 0. The van der Waals surface area contributed by atoms with Gasteiger partial charge in [-0.1, -0.05) is 54.6 Å². The fourth-order valence-electron chi connectivity index (χ4n) is 2.45. The molecule has 2 heteroatoms. The van der Waals surface area contributed by atoms with E-state index >= 15 is 0 Å². The Labute approximate surface area is 114 Å². The van der Waals surface area contributed by atoms with Crippen molar-refractivity contribution in [2.45, 2.75) is 12.5 Å². The van der Waals surface area contributed by atoms with Crippen molar-refractivity contribution < 1.29 is 4.74 Å². The molecule has 0 amide bonds. The first-order valence-corrected chi connectivity index (χ1v) is 6.91. The molecule has 0 bridgehead atoms. The number of hydrogen-bond donors (Lipinski definition) is 1. The van der Waals surface area contributed by atoms with Crippen molar-refractivity contribution in [3.05, 3.63) is 60.2 Å². The molecule has 0 aromatic heterocycles. The van der Waals surface area contributed by atoms with Crippen molar-refractivity contribution >= 4 is 0 Å². The number of rotatable bonds is 2. The highest BCUT2D eigenvalue weighted by molar-refractivity contribution is 5.63. The summed E-state index contributed by atoms with van der Waals surface area (Å²) in [5, 5.41) is 3.42. The Balaban J connectivity index is 1.78. The predicted molar refractivity (Wildman–Crippen MR) is 78.1 cm³/mol. The Morgan fingerprint density at radius 1 is 0.895 bits per heavy atom. The van der Waals surface area contributed by atoms with Gasteiger partial charge in [-0.25, -0.2) is 0 Å². The highest BCUT2D eigenvalue weighted by Gasteiger charge is 2.14. The van der Waals surface area contributed by atoms with Crippen molar-refractivity contribution in [1.82, 2.24) is 5.32 Å². The average Bonchev–Trinajstić information content (AvgIpc) is 2.77. The minimum Gasteiger partial charge on any atom is -0.372 e. The molecule has 98 valence electrons. The minimum atomic E-state index is 0.187. The summed E-state index contributed by atoms with van der Waals surface area (Å²) in [7, 11) is 0. The van der Waals surface area contributed by atoms with Gasteiger partial charge >= 0.3 is 0 Å². The molecule has 2 aromatic rings. The van der Waals surface area contributed by atoms with Crippen molar-refractivity contribution in [3.8, 4) is 11.1 Å². The number of nitrogens with one attached hydrogen (secondary N) is 1. The van der Waals surface area contributed by atoms with Crippen LogP contribution in [0.4, 0.5) is 0 Å². The second-order valence-electron chi connectivity index (χ2n) is 4.91. The molecule has 0 radical (unpaired) electrons. The zero-order chi connectivity index (χ0) is 12.9. The third-order valence-electron chi connectivity index (χ3n) is 3.54. The van der Waals surface area contributed by atoms with E-state index in [-0.39, 0.29) is 6.10 Å². The van der Waals surface area contributed by atoms with Gasteiger partial charge in [0.05, 0.1) is 6.10 Å². The molecule has 1 fully saturated rings. The van der Waals surface area contributed by atoms with Crippen LogP contribution in [-0.4, -0.2) is 19.7 Å². The van der Waals surface area contributed by atoms with E-state index in [1.165, 1.54) is 16.7 Å². The smallest absolute Gasteiger partial charge is 0.0949 e. The maximum absolute atomic E-state index is 5.87. The Bertz CT molecular complexity index is 499. The van der Waals surface area contributed by atoms with Crippen LogP contribution in [0, 0.1) is 0 Å². The highest BCUT2D eigenvalue weighted by Crippen LogP contribution is 2.23. The molecule has 0 spiro atoms. The van der Waals surface area contributed by atoms with Gasteiger partial charge in [0.1, 0.15) is 0 Å². The van der Waals surface area contributed by atoms with E-state index in [4.69, 9.17) is 4.74 Å². The molecular formula is C17H19NO. The lowest BCUT2D eigenvalue weighted by Crippen LogP contribution is -2.19. The Morgan fingerprint density at radius 2 is 1.63 bits per heavy atom. The SMILES string of the molecule is c1ccc(-c2ccc(C3CNCCCO3)cc2)cc1. The molecule has 0 saturated carbocycles. The molecule has 1 unspecified atom stereocenters. The first-order valence-electron chi connectivity index (χ1n) is 6.91.